The molecule has 1 amide bonds. The molecule has 2 N–H and O–H groups in total. The molecule has 1 unspecified atom stereocenters. The van der Waals surface area contributed by atoms with E-state index in [1.807, 2.05) is 0 Å². The van der Waals surface area contributed by atoms with Gasteiger partial charge in [0.2, 0.25) is 5.91 Å². The molecule has 1 aromatic rings. The molecule has 1 rings (SSSR count). The van der Waals surface area contributed by atoms with Gasteiger partial charge in [-0.05, 0) is 12.5 Å². The summed E-state index contributed by atoms with van der Waals surface area (Å²) in [6.07, 6.45) is 0.0150. The standard InChI is InChI=1S/C11H13ClN2O4/c1-7(6-15)13-11(16)4-8-2-3-9(14(17)18)5-10(8)12/h2-3,5,7,15H,4,6H2,1H3,(H,13,16). The molecule has 6 nitrogen and oxygen atoms in total. The summed E-state index contributed by atoms with van der Waals surface area (Å²) in [5, 5.41) is 22.0. The number of halogens is 1. The quantitative estimate of drug-likeness (QED) is 0.624. The lowest BCUT2D eigenvalue weighted by Crippen LogP contribution is -2.36. The lowest BCUT2D eigenvalue weighted by atomic mass is 10.1. The molecule has 0 aromatic heterocycles. The summed E-state index contributed by atoms with van der Waals surface area (Å²) in [7, 11) is 0. The van der Waals surface area contributed by atoms with Crippen LogP contribution in [-0.4, -0.2) is 28.6 Å². The number of nitrogens with one attached hydrogen (secondary N) is 1. The van der Waals surface area contributed by atoms with Crippen molar-refractivity contribution >= 4 is 23.2 Å². The molecule has 1 atom stereocenters. The topological polar surface area (TPSA) is 92.5 Å². The largest absolute Gasteiger partial charge is 0.394 e. The van der Waals surface area contributed by atoms with Gasteiger partial charge in [-0.15, -0.1) is 0 Å². The van der Waals surface area contributed by atoms with E-state index in [0.29, 0.717) is 5.56 Å². The van der Waals surface area contributed by atoms with Crippen molar-refractivity contribution in [2.24, 2.45) is 0 Å². The molecule has 0 fully saturated rings. The number of amides is 1. The number of hydrogen-bond acceptors (Lipinski definition) is 4. The Labute approximate surface area is 109 Å². The highest BCUT2D eigenvalue weighted by Gasteiger charge is 2.13. The van der Waals surface area contributed by atoms with Crippen LogP contribution < -0.4 is 5.32 Å². The van der Waals surface area contributed by atoms with E-state index in [1.54, 1.807) is 6.92 Å². The van der Waals surface area contributed by atoms with Crippen molar-refractivity contribution in [1.82, 2.24) is 5.32 Å². The molecule has 0 aliphatic heterocycles. The van der Waals surface area contributed by atoms with Crippen LogP contribution in [0.5, 0.6) is 0 Å². The van der Waals surface area contributed by atoms with E-state index in [9.17, 15) is 14.9 Å². The first-order valence-electron chi connectivity index (χ1n) is 5.27. The third kappa shape index (κ3) is 3.97. The lowest BCUT2D eigenvalue weighted by Gasteiger charge is -2.11. The summed E-state index contributed by atoms with van der Waals surface area (Å²) in [5.41, 5.74) is 0.387. The monoisotopic (exact) mass is 272 g/mol. The van der Waals surface area contributed by atoms with Gasteiger partial charge in [-0.1, -0.05) is 17.7 Å². The number of benzene rings is 1. The zero-order chi connectivity index (χ0) is 13.7. The zero-order valence-electron chi connectivity index (χ0n) is 9.72. The average molecular weight is 273 g/mol. The van der Waals surface area contributed by atoms with Crippen molar-refractivity contribution in [1.29, 1.82) is 0 Å². The number of rotatable bonds is 5. The van der Waals surface area contributed by atoms with Crippen LogP contribution >= 0.6 is 11.6 Å². The fourth-order valence-corrected chi connectivity index (χ4v) is 1.58. The Kier molecular flexibility index (Phi) is 5.06. The number of nitro benzene ring substituents is 1. The average Bonchev–Trinajstić information content (AvgIpc) is 2.31. The third-order valence-corrected chi connectivity index (χ3v) is 2.63. The first-order chi connectivity index (χ1) is 8.43. The van der Waals surface area contributed by atoms with Crippen LogP contribution in [0.3, 0.4) is 0 Å². The predicted molar refractivity (Wildman–Crippen MR) is 66.5 cm³/mol. The Bertz CT molecular complexity index is 464. The molecule has 0 heterocycles. The van der Waals surface area contributed by atoms with Crippen LogP contribution in [0.1, 0.15) is 12.5 Å². The Morgan fingerprint density at radius 1 is 1.61 bits per heavy atom. The Morgan fingerprint density at radius 3 is 2.78 bits per heavy atom. The maximum Gasteiger partial charge on any atom is 0.270 e. The number of hydrogen-bond donors (Lipinski definition) is 2. The van der Waals surface area contributed by atoms with Crippen molar-refractivity contribution in [2.75, 3.05) is 6.61 Å². The maximum absolute atomic E-state index is 11.5. The molecule has 0 aliphatic carbocycles. The number of non-ortho nitro benzene ring substituents is 1. The fourth-order valence-electron chi connectivity index (χ4n) is 1.34. The van der Waals surface area contributed by atoms with Crippen molar-refractivity contribution < 1.29 is 14.8 Å². The normalized spacial score (nSPS) is 11.9. The van der Waals surface area contributed by atoms with Gasteiger partial charge >= 0.3 is 0 Å². The van der Waals surface area contributed by atoms with Crippen molar-refractivity contribution in [2.45, 2.75) is 19.4 Å². The molecular weight excluding hydrogens is 260 g/mol. The molecule has 18 heavy (non-hydrogen) atoms. The lowest BCUT2D eigenvalue weighted by molar-refractivity contribution is -0.384. The second-order valence-electron chi connectivity index (χ2n) is 3.86. The van der Waals surface area contributed by atoms with Gasteiger partial charge in [-0.25, -0.2) is 0 Å². The zero-order valence-corrected chi connectivity index (χ0v) is 10.5. The molecule has 0 bridgehead atoms. The number of nitro groups is 1. The molecular formula is C11H13ClN2O4. The van der Waals surface area contributed by atoms with E-state index in [-0.39, 0.29) is 35.7 Å². The van der Waals surface area contributed by atoms with Crippen LogP contribution in [0.4, 0.5) is 5.69 Å². The summed E-state index contributed by atoms with van der Waals surface area (Å²) >= 11 is 5.85. The molecule has 0 radical (unpaired) electrons. The smallest absolute Gasteiger partial charge is 0.270 e. The van der Waals surface area contributed by atoms with Gasteiger partial charge in [0.05, 0.1) is 23.0 Å². The van der Waals surface area contributed by atoms with Crippen LogP contribution in [0.25, 0.3) is 0 Å². The summed E-state index contributed by atoms with van der Waals surface area (Å²) < 4.78 is 0. The second kappa shape index (κ2) is 6.32. The predicted octanol–water partition coefficient (Wildman–Crippen LogP) is 1.29. The van der Waals surface area contributed by atoms with Crippen LogP contribution in [0.2, 0.25) is 5.02 Å². The molecule has 98 valence electrons. The van der Waals surface area contributed by atoms with Crippen LogP contribution in [-0.2, 0) is 11.2 Å². The number of aliphatic hydroxyl groups excluding tert-OH is 1. The van der Waals surface area contributed by atoms with Gasteiger partial charge in [-0.2, -0.15) is 0 Å². The van der Waals surface area contributed by atoms with Gasteiger partial charge in [0.15, 0.2) is 0 Å². The number of carbonyl (C=O) groups excluding carboxylic acids is 1. The highest BCUT2D eigenvalue weighted by atomic mass is 35.5. The van der Waals surface area contributed by atoms with Gasteiger partial charge in [0.25, 0.3) is 5.69 Å². The minimum absolute atomic E-state index is 0.0150. The van der Waals surface area contributed by atoms with Gasteiger partial charge in [0, 0.05) is 18.2 Å². The minimum atomic E-state index is -0.552. The molecule has 1 aromatic carbocycles. The van der Waals surface area contributed by atoms with Crippen LogP contribution in [0, 0.1) is 10.1 Å². The Hall–Kier alpha value is -1.66. The summed E-state index contributed by atoms with van der Waals surface area (Å²) in [4.78, 5) is 21.5. The number of carbonyl (C=O) groups is 1. The van der Waals surface area contributed by atoms with Crippen molar-refractivity contribution in [3.8, 4) is 0 Å². The highest BCUT2D eigenvalue weighted by Crippen LogP contribution is 2.22. The molecule has 0 saturated heterocycles. The minimum Gasteiger partial charge on any atom is -0.394 e. The second-order valence-corrected chi connectivity index (χ2v) is 4.27. The molecule has 7 heteroatoms. The van der Waals surface area contributed by atoms with Gasteiger partial charge < -0.3 is 10.4 Å². The first kappa shape index (κ1) is 14.4. The SMILES string of the molecule is CC(CO)NC(=O)Cc1ccc([N+](=O)[O-])cc1Cl. The van der Waals surface area contributed by atoms with E-state index in [1.165, 1.54) is 18.2 Å². The molecule has 0 saturated carbocycles. The van der Waals surface area contributed by atoms with Gasteiger partial charge in [-0.3, -0.25) is 14.9 Å². The van der Waals surface area contributed by atoms with E-state index in [4.69, 9.17) is 16.7 Å². The highest BCUT2D eigenvalue weighted by molar-refractivity contribution is 6.31. The Balaban J connectivity index is 2.74. The first-order valence-corrected chi connectivity index (χ1v) is 5.65. The summed E-state index contributed by atoms with van der Waals surface area (Å²) in [5.74, 6) is -0.299. The van der Waals surface area contributed by atoms with E-state index >= 15 is 0 Å². The number of aliphatic hydroxyl groups is 1. The Morgan fingerprint density at radius 2 is 2.28 bits per heavy atom. The molecule has 0 aliphatic rings. The number of nitrogens with zero attached hydrogens (tertiary/aromatic N) is 1. The van der Waals surface area contributed by atoms with E-state index < -0.39 is 4.92 Å². The van der Waals surface area contributed by atoms with E-state index in [2.05, 4.69) is 5.32 Å². The van der Waals surface area contributed by atoms with Crippen LogP contribution in [0.15, 0.2) is 18.2 Å². The van der Waals surface area contributed by atoms with Crippen molar-refractivity contribution in [3.05, 3.63) is 38.9 Å². The third-order valence-electron chi connectivity index (χ3n) is 2.28. The fraction of sp³-hybridized carbons (Fsp3) is 0.364. The summed E-state index contributed by atoms with van der Waals surface area (Å²) in [6, 6.07) is 3.61. The van der Waals surface area contributed by atoms with Gasteiger partial charge in [0.1, 0.15) is 0 Å². The maximum atomic E-state index is 11.5. The summed E-state index contributed by atoms with van der Waals surface area (Å²) in [6.45, 7) is 1.51. The van der Waals surface area contributed by atoms with E-state index in [0.717, 1.165) is 0 Å². The van der Waals surface area contributed by atoms with Crippen molar-refractivity contribution in [3.63, 3.8) is 0 Å². The molecule has 0 spiro atoms.